The molecule has 3 nitrogen and oxygen atoms in total. The van der Waals surface area contributed by atoms with Crippen LogP contribution in [-0.4, -0.2) is 61.5 Å². The zero-order valence-electron chi connectivity index (χ0n) is 10.2. The van der Waals surface area contributed by atoms with Crippen LogP contribution in [0.4, 0.5) is 0 Å². The van der Waals surface area contributed by atoms with E-state index < -0.39 is 0 Å². The Bertz CT molecular complexity index is 134. The highest BCUT2D eigenvalue weighted by atomic mass is 32.2. The van der Waals surface area contributed by atoms with Crippen LogP contribution in [0.25, 0.3) is 0 Å². The highest BCUT2D eigenvalue weighted by Crippen LogP contribution is 2.03. The van der Waals surface area contributed by atoms with Crippen molar-refractivity contribution in [2.75, 3.05) is 45.4 Å². The third kappa shape index (κ3) is 12.2. The molecule has 0 radical (unpaired) electrons. The molecule has 0 aliphatic rings. The number of rotatable bonds is 10. The number of ether oxygens (including phenoxy) is 1. The summed E-state index contributed by atoms with van der Waals surface area (Å²) in [5, 5.41) is 9.55. The van der Waals surface area contributed by atoms with E-state index in [1.54, 1.807) is 11.8 Å². The van der Waals surface area contributed by atoms with E-state index in [2.05, 4.69) is 25.9 Å². The lowest BCUT2D eigenvalue weighted by Crippen LogP contribution is -2.20. The van der Waals surface area contributed by atoms with Crippen LogP contribution in [0.1, 0.15) is 19.8 Å². The minimum atomic E-state index is -0.311. The van der Waals surface area contributed by atoms with E-state index in [4.69, 9.17) is 4.74 Å². The molecular formula is C11H25NO2S. The molecule has 15 heavy (non-hydrogen) atoms. The predicted octanol–water partition coefficient (Wildman–Crippen LogP) is 1.46. The molecular weight excluding hydrogens is 210 g/mol. The van der Waals surface area contributed by atoms with Gasteiger partial charge in [0.25, 0.3) is 0 Å². The Morgan fingerprint density at radius 2 is 2.13 bits per heavy atom. The second-order valence-corrected chi connectivity index (χ2v) is 5.11. The van der Waals surface area contributed by atoms with Crippen molar-refractivity contribution in [1.29, 1.82) is 0 Å². The van der Waals surface area contributed by atoms with Gasteiger partial charge in [0.2, 0.25) is 0 Å². The van der Waals surface area contributed by atoms with E-state index in [0.717, 1.165) is 37.5 Å². The van der Waals surface area contributed by atoms with E-state index >= 15 is 0 Å². The maximum atomic E-state index is 9.55. The summed E-state index contributed by atoms with van der Waals surface area (Å²) in [6.45, 7) is 4.45. The van der Waals surface area contributed by atoms with Gasteiger partial charge in [0.1, 0.15) is 0 Å². The summed E-state index contributed by atoms with van der Waals surface area (Å²) < 4.78 is 5.34. The Balaban J connectivity index is 3.15. The first-order chi connectivity index (χ1) is 7.16. The fraction of sp³-hybridized carbons (Fsp3) is 1.00. The molecule has 0 saturated heterocycles. The highest BCUT2D eigenvalue weighted by Gasteiger charge is 2.04. The lowest BCUT2D eigenvalue weighted by molar-refractivity contribution is 0.0473. The van der Waals surface area contributed by atoms with E-state index in [-0.39, 0.29) is 6.10 Å². The summed E-state index contributed by atoms with van der Waals surface area (Å²) in [7, 11) is 4.12. The lowest BCUT2D eigenvalue weighted by atomic mass is 10.3. The third-order valence-electron chi connectivity index (χ3n) is 1.95. The van der Waals surface area contributed by atoms with Gasteiger partial charge in [-0.25, -0.2) is 0 Å². The molecule has 92 valence electrons. The topological polar surface area (TPSA) is 32.7 Å². The monoisotopic (exact) mass is 235 g/mol. The Morgan fingerprint density at radius 3 is 2.73 bits per heavy atom. The molecule has 0 saturated carbocycles. The van der Waals surface area contributed by atoms with Gasteiger partial charge < -0.3 is 14.7 Å². The van der Waals surface area contributed by atoms with E-state index in [0.29, 0.717) is 6.61 Å². The van der Waals surface area contributed by atoms with Crippen LogP contribution in [0.2, 0.25) is 0 Å². The molecule has 0 bridgehead atoms. The smallest absolute Gasteiger partial charge is 0.0863 e. The van der Waals surface area contributed by atoms with Gasteiger partial charge in [-0.05, 0) is 20.5 Å². The first-order valence-corrected chi connectivity index (χ1v) is 6.80. The molecule has 1 atom stereocenters. The normalized spacial score (nSPS) is 13.4. The Morgan fingerprint density at radius 1 is 1.40 bits per heavy atom. The fourth-order valence-corrected chi connectivity index (χ4v) is 2.01. The van der Waals surface area contributed by atoms with Crippen molar-refractivity contribution < 1.29 is 9.84 Å². The maximum absolute atomic E-state index is 9.55. The molecule has 0 heterocycles. The predicted molar refractivity (Wildman–Crippen MR) is 67.6 cm³/mol. The van der Waals surface area contributed by atoms with Crippen molar-refractivity contribution in [2.24, 2.45) is 0 Å². The van der Waals surface area contributed by atoms with E-state index in [9.17, 15) is 5.11 Å². The van der Waals surface area contributed by atoms with Gasteiger partial charge >= 0.3 is 0 Å². The molecule has 0 spiro atoms. The SMILES string of the molecule is CCCCOCC(O)CSCCN(C)C. The molecule has 4 heteroatoms. The lowest BCUT2D eigenvalue weighted by Gasteiger charge is -2.12. The highest BCUT2D eigenvalue weighted by molar-refractivity contribution is 7.99. The molecule has 0 fully saturated rings. The van der Waals surface area contributed by atoms with Crippen molar-refractivity contribution in [3.8, 4) is 0 Å². The Kier molecular flexibility index (Phi) is 10.9. The van der Waals surface area contributed by atoms with E-state index in [1.807, 2.05) is 0 Å². The van der Waals surface area contributed by atoms with Crippen LogP contribution in [0, 0.1) is 0 Å². The molecule has 0 rings (SSSR count). The van der Waals surface area contributed by atoms with Crippen molar-refractivity contribution in [1.82, 2.24) is 4.90 Å². The van der Waals surface area contributed by atoms with E-state index in [1.165, 1.54) is 0 Å². The second-order valence-electron chi connectivity index (χ2n) is 3.96. The number of hydrogen-bond donors (Lipinski definition) is 1. The van der Waals surface area contributed by atoms with Gasteiger partial charge in [-0.3, -0.25) is 0 Å². The second kappa shape index (κ2) is 10.7. The quantitative estimate of drug-likeness (QED) is 0.581. The average molecular weight is 235 g/mol. The maximum Gasteiger partial charge on any atom is 0.0863 e. The summed E-state index contributed by atoms with van der Waals surface area (Å²) in [6.07, 6.45) is 1.92. The van der Waals surface area contributed by atoms with Crippen LogP contribution in [0.3, 0.4) is 0 Å². The van der Waals surface area contributed by atoms with Crippen LogP contribution >= 0.6 is 11.8 Å². The summed E-state index contributed by atoms with van der Waals surface area (Å²) in [5.41, 5.74) is 0. The van der Waals surface area contributed by atoms with Crippen LogP contribution in [0.5, 0.6) is 0 Å². The third-order valence-corrected chi connectivity index (χ3v) is 3.04. The Labute approximate surface area is 98.2 Å². The summed E-state index contributed by atoms with van der Waals surface area (Å²) in [5.74, 6) is 1.85. The number of aliphatic hydroxyl groups excluding tert-OH is 1. The number of aliphatic hydroxyl groups is 1. The first kappa shape index (κ1) is 15.2. The molecule has 0 aromatic carbocycles. The number of thioether (sulfide) groups is 1. The largest absolute Gasteiger partial charge is 0.390 e. The van der Waals surface area contributed by atoms with Gasteiger partial charge in [0.05, 0.1) is 12.7 Å². The molecule has 0 aliphatic heterocycles. The molecule has 0 aromatic heterocycles. The van der Waals surface area contributed by atoms with Gasteiger partial charge in [-0.15, -0.1) is 0 Å². The number of nitrogens with zero attached hydrogens (tertiary/aromatic N) is 1. The molecule has 1 N–H and O–H groups in total. The average Bonchev–Trinajstić information content (AvgIpc) is 2.19. The standard InChI is InChI=1S/C11H25NO2S/c1-4-5-7-14-9-11(13)10-15-8-6-12(2)3/h11,13H,4-10H2,1-3H3. The summed E-state index contributed by atoms with van der Waals surface area (Å²) in [4.78, 5) is 2.15. The van der Waals surface area contributed by atoms with Gasteiger partial charge in [-0.1, -0.05) is 13.3 Å². The van der Waals surface area contributed by atoms with Gasteiger partial charge in [0, 0.05) is 24.7 Å². The minimum Gasteiger partial charge on any atom is -0.390 e. The molecule has 0 aliphatic carbocycles. The van der Waals surface area contributed by atoms with Crippen LogP contribution in [-0.2, 0) is 4.74 Å². The fourth-order valence-electron chi connectivity index (χ4n) is 0.980. The van der Waals surface area contributed by atoms with Crippen molar-refractivity contribution in [3.05, 3.63) is 0 Å². The summed E-state index contributed by atoms with van der Waals surface area (Å²) >= 11 is 1.78. The molecule has 0 aromatic rings. The van der Waals surface area contributed by atoms with Crippen molar-refractivity contribution >= 4 is 11.8 Å². The molecule has 1 unspecified atom stereocenters. The van der Waals surface area contributed by atoms with Crippen molar-refractivity contribution in [3.63, 3.8) is 0 Å². The van der Waals surface area contributed by atoms with Gasteiger partial charge in [-0.2, -0.15) is 11.8 Å². The first-order valence-electron chi connectivity index (χ1n) is 5.65. The minimum absolute atomic E-state index is 0.311. The van der Waals surface area contributed by atoms with Crippen molar-refractivity contribution in [2.45, 2.75) is 25.9 Å². The van der Waals surface area contributed by atoms with Gasteiger partial charge in [0.15, 0.2) is 0 Å². The van der Waals surface area contributed by atoms with Crippen LogP contribution < -0.4 is 0 Å². The number of unbranched alkanes of at least 4 members (excludes halogenated alkanes) is 1. The zero-order valence-corrected chi connectivity index (χ0v) is 11.1. The molecule has 0 amide bonds. The zero-order chi connectivity index (χ0) is 11.5. The number of hydrogen-bond acceptors (Lipinski definition) is 4. The summed E-state index contributed by atoms with van der Waals surface area (Å²) in [6, 6.07) is 0. The Hall–Kier alpha value is 0.230. The van der Waals surface area contributed by atoms with Crippen LogP contribution in [0.15, 0.2) is 0 Å².